The highest BCUT2D eigenvalue weighted by molar-refractivity contribution is 7.98. The number of thioether (sulfide) groups is 1. The molecule has 16 nitrogen and oxygen atoms in total. The van der Waals surface area contributed by atoms with Crippen molar-refractivity contribution in [3.8, 4) is 0 Å². The quantitative estimate of drug-likeness (QED) is 0.101. The molecule has 44 heavy (non-hydrogen) atoms. The largest absolute Gasteiger partial charge is 0.481 e. The number of hydrogen-bond donors (Lipinski definition) is 6. The fourth-order valence-electron chi connectivity index (χ4n) is 5.45. The third-order valence-electron chi connectivity index (χ3n) is 8.17. The molecular weight excluding hydrogens is 636 g/mol. The number of aromatic nitrogens is 4. The molecule has 2 aromatic heterocycles. The Morgan fingerprint density at radius 1 is 1.00 bits per heavy atom. The van der Waals surface area contributed by atoms with Crippen LogP contribution in [-0.4, -0.2) is 119 Å². The molecule has 0 saturated heterocycles. The second-order valence-electron chi connectivity index (χ2n) is 10.4. The van der Waals surface area contributed by atoms with Gasteiger partial charge in [0.2, 0.25) is 0 Å². The zero-order chi connectivity index (χ0) is 33.5. The topological polar surface area (TPSA) is 230 Å². The summed E-state index contributed by atoms with van der Waals surface area (Å²) >= 11 is 1.27. The molecule has 2 fully saturated rings. The zero-order valence-corrected chi connectivity index (χ0v) is 29.1. The van der Waals surface area contributed by atoms with Crippen LogP contribution in [0.1, 0.15) is 54.0 Å². The third-order valence-corrected chi connectivity index (χ3v) is 10.9. The maximum atomic E-state index is 11.8. The fourth-order valence-corrected chi connectivity index (χ4v) is 7.49. The molecule has 1 unspecified atom stereocenters. The summed E-state index contributed by atoms with van der Waals surface area (Å²) in [6, 6.07) is -0.682. The summed E-state index contributed by atoms with van der Waals surface area (Å²) in [5.74, 6) is -0.221. The number of phosphoric acid groups is 2. The SMILES string of the molecule is CCN(CC)CC.CCN(CC)CC.CSc1nc(N)c2ncn([C@H]3[C@H](O)[C@H](O)[C@]4(COP(=O)(O)OP(=O)(O)O)C[C@H]34)c2n1. The summed E-state index contributed by atoms with van der Waals surface area (Å²) in [6.45, 7) is 19.7. The first-order valence-corrected chi connectivity index (χ1v) is 18.9. The summed E-state index contributed by atoms with van der Waals surface area (Å²) in [5.41, 5.74) is 5.51. The maximum Gasteiger partial charge on any atom is 0.481 e. The van der Waals surface area contributed by atoms with Gasteiger partial charge in [0.15, 0.2) is 16.6 Å². The summed E-state index contributed by atoms with van der Waals surface area (Å²) in [4.78, 5) is 44.3. The minimum absolute atomic E-state index is 0.164. The lowest BCUT2D eigenvalue weighted by Crippen LogP contribution is -2.35. The highest BCUT2D eigenvalue weighted by Gasteiger charge is 2.72. The number of phosphoric ester groups is 1. The van der Waals surface area contributed by atoms with Gasteiger partial charge < -0.3 is 45.0 Å². The number of aliphatic hydroxyl groups excluding tert-OH is 2. The fraction of sp³-hybridized carbons (Fsp3) is 0.800. The smallest absolute Gasteiger partial charge is 0.390 e. The van der Waals surface area contributed by atoms with Gasteiger partial charge in [-0.3, -0.25) is 4.52 Å². The Bertz CT molecular complexity index is 1270. The number of imidazole rings is 1. The molecule has 7 N–H and O–H groups in total. The number of aliphatic hydroxyl groups is 2. The van der Waals surface area contributed by atoms with Crippen LogP contribution >= 0.6 is 27.4 Å². The molecule has 2 aliphatic rings. The molecule has 0 aliphatic heterocycles. The summed E-state index contributed by atoms with van der Waals surface area (Å²) in [6.07, 6.45) is 0.898. The van der Waals surface area contributed by atoms with Crippen LogP contribution < -0.4 is 5.73 Å². The summed E-state index contributed by atoms with van der Waals surface area (Å²) in [5, 5.41) is 21.6. The van der Waals surface area contributed by atoms with Crippen molar-refractivity contribution >= 4 is 44.4 Å². The molecule has 0 aromatic carbocycles. The maximum absolute atomic E-state index is 11.8. The van der Waals surface area contributed by atoms with E-state index in [4.69, 9.17) is 20.0 Å². The number of rotatable bonds is 13. The van der Waals surface area contributed by atoms with Gasteiger partial charge in [0.05, 0.1) is 25.1 Å². The Morgan fingerprint density at radius 2 is 1.52 bits per heavy atom. The number of hydrogen-bond acceptors (Lipinski definition) is 13. The van der Waals surface area contributed by atoms with Crippen molar-refractivity contribution in [1.29, 1.82) is 0 Å². The van der Waals surface area contributed by atoms with Gasteiger partial charge in [-0.15, -0.1) is 0 Å². The van der Waals surface area contributed by atoms with Crippen molar-refractivity contribution < 1.29 is 42.9 Å². The van der Waals surface area contributed by atoms with Gasteiger partial charge in [0.1, 0.15) is 11.6 Å². The number of nitrogens with two attached hydrogens (primary N) is 1. The van der Waals surface area contributed by atoms with Crippen LogP contribution in [-0.2, 0) is 18.0 Å². The summed E-state index contributed by atoms with van der Waals surface area (Å²) in [7, 11) is -10.3. The van der Waals surface area contributed by atoms with Gasteiger partial charge in [0.25, 0.3) is 0 Å². The predicted octanol–water partition coefficient (Wildman–Crippen LogP) is 2.34. The molecule has 4 rings (SSSR count). The minimum Gasteiger partial charge on any atom is -0.390 e. The molecule has 0 spiro atoms. The average Bonchev–Trinajstić information content (AvgIpc) is 3.47. The van der Waals surface area contributed by atoms with Crippen LogP contribution in [0.25, 0.3) is 11.2 Å². The second kappa shape index (κ2) is 16.6. The zero-order valence-electron chi connectivity index (χ0n) is 26.5. The molecule has 0 radical (unpaired) electrons. The van der Waals surface area contributed by atoms with Crippen LogP contribution in [0.3, 0.4) is 0 Å². The van der Waals surface area contributed by atoms with Gasteiger partial charge in [-0.25, -0.2) is 24.1 Å². The van der Waals surface area contributed by atoms with E-state index in [2.05, 4.69) is 70.6 Å². The van der Waals surface area contributed by atoms with E-state index in [1.54, 1.807) is 10.8 Å². The van der Waals surface area contributed by atoms with Crippen LogP contribution in [0.5, 0.6) is 0 Å². The van der Waals surface area contributed by atoms with E-state index < -0.39 is 45.9 Å². The monoisotopic (exact) mass is 685 g/mol. The molecule has 2 aliphatic carbocycles. The molecule has 254 valence electrons. The average molecular weight is 686 g/mol. The van der Waals surface area contributed by atoms with Crippen molar-refractivity contribution in [2.24, 2.45) is 11.3 Å². The van der Waals surface area contributed by atoms with Crippen molar-refractivity contribution in [2.75, 3.05) is 57.9 Å². The lowest BCUT2D eigenvalue weighted by atomic mass is 10.0. The van der Waals surface area contributed by atoms with E-state index in [-0.39, 0.29) is 11.7 Å². The van der Waals surface area contributed by atoms with E-state index in [9.17, 15) is 24.2 Å². The Morgan fingerprint density at radius 3 is 1.95 bits per heavy atom. The molecule has 19 heteroatoms. The van der Waals surface area contributed by atoms with E-state index >= 15 is 0 Å². The van der Waals surface area contributed by atoms with Crippen LogP contribution in [0.15, 0.2) is 11.5 Å². The molecular formula is C25H49N7O9P2S. The second-order valence-corrected chi connectivity index (χ2v) is 14.0. The van der Waals surface area contributed by atoms with Crippen molar-refractivity contribution in [1.82, 2.24) is 29.3 Å². The van der Waals surface area contributed by atoms with Gasteiger partial charge in [-0.1, -0.05) is 53.3 Å². The number of fused-ring (bicyclic) bond motifs is 2. The predicted molar refractivity (Wildman–Crippen MR) is 169 cm³/mol. The van der Waals surface area contributed by atoms with Crippen molar-refractivity contribution in [3.05, 3.63) is 6.33 Å². The molecule has 6 atom stereocenters. The summed E-state index contributed by atoms with van der Waals surface area (Å²) < 4.78 is 32.6. The first-order valence-electron chi connectivity index (χ1n) is 14.7. The van der Waals surface area contributed by atoms with Crippen molar-refractivity contribution in [2.45, 2.75) is 71.4 Å². The number of anilines is 1. The molecule has 2 aromatic rings. The van der Waals surface area contributed by atoms with Crippen LogP contribution in [0.4, 0.5) is 5.82 Å². The standard InChI is InChI=1S/C13H19N5O9P2S.2C6H15N/c1-30-12-16-10(14)6-11(17-12)18(4-15-6)7-5-2-13(5,9(20)8(7)19)3-26-29(24,25)27-28(21,22)23;2*1-4-7(5-2)6-3/h4-5,7-9,19-20H,2-3H2,1H3,(H,24,25)(H2,14,16,17)(H2,21,22,23);2*4-6H2,1-3H3/t5-,7-,8+,9+,13+;;/m1../s1. The normalized spacial score (nSPS) is 25.7. The van der Waals surface area contributed by atoms with Gasteiger partial charge in [-0.2, -0.15) is 4.31 Å². The molecule has 0 bridgehead atoms. The molecule has 0 amide bonds. The van der Waals surface area contributed by atoms with E-state index in [1.165, 1.54) is 57.4 Å². The lowest BCUT2D eigenvalue weighted by Gasteiger charge is -2.24. The Balaban J connectivity index is 0.000000402. The van der Waals surface area contributed by atoms with E-state index in [0.717, 1.165) is 0 Å². The number of nitrogens with zero attached hydrogens (tertiary/aromatic N) is 6. The van der Waals surface area contributed by atoms with Gasteiger partial charge >= 0.3 is 15.6 Å². The van der Waals surface area contributed by atoms with Gasteiger partial charge in [0, 0.05) is 5.41 Å². The highest BCUT2D eigenvalue weighted by Crippen LogP contribution is 2.69. The Hall–Kier alpha value is -1.20. The third kappa shape index (κ3) is 9.66. The van der Waals surface area contributed by atoms with E-state index in [1.807, 2.05) is 0 Å². The lowest BCUT2D eigenvalue weighted by molar-refractivity contribution is -0.0297. The minimum atomic E-state index is -5.27. The molecule has 2 saturated carbocycles. The Labute approximate surface area is 263 Å². The first-order chi connectivity index (χ1) is 20.6. The Kier molecular flexibility index (Phi) is 14.7. The van der Waals surface area contributed by atoms with Crippen molar-refractivity contribution in [3.63, 3.8) is 0 Å². The van der Waals surface area contributed by atoms with Crippen LogP contribution in [0, 0.1) is 11.3 Å². The highest BCUT2D eigenvalue weighted by atomic mass is 32.2. The van der Waals surface area contributed by atoms with Gasteiger partial charge in [-0.05, 0) is 57.9 Å². The van der Waals surface area contributed by atoms with Crippen LogP contribution in [0.2, 0.25) is 0 Å². The first kappa shape index (κ1) is 39.0. The molecule has 2 heterocycles. The number of nitrogen functional groups attached to an aromatic ring is 1. The van der Waals surface area contributed by atoms with E-state index in [0.29, 0.717) is 22.7 Å².